The predicted octanol–water partition coefficient (Wildman–Crippen LogP) is -0.399. The molecule has 0 aromatic heterocycles. The third kappa shape index (κ3) is 7.08. The minimum atomic E-state index is -1.78. The molecule has 11 N–H and O–H groups in total. The van der Waals surface area contributed by atoms with Gasteiger partial charge in [-0.3, -0.25) is 0 Å². The molecule has 5 aliphatic carbocycles. The molecule has 18 nitrogen and oxygen atoms in total. The van der Waals surface area contributed by atoms with E-state index >= 15 is 0 Å². The Balaban J connectivity index is 0.985. The average molecular weight is 943 g/mol. The molecule has 66 heavy (non-hydrogen) atoms. The second kappa shape index (κ2) is 17.1. The van der Waals surface area contributed by atoms with Crippen molar-refractivity contribution in [3.05, 3.63) is 12.2 Å². The van der Waals surface area contributed by atoms with E-state index in [0.717, 1.165) is 32.1 Å². The number of allylic oxidation sites excluding steroid dienone is 1. The molecule has 0 amide bonds. The van der Waals surface area contributed by atoms with Crippen molar-refractivity contribution in [2.75, 3.05) is 26.4 Å². The summed E-state index contributed by atoms with van der Waals surface area (Å²) in [6, 6.07) is 0. The SMILES string of the molecule is C[C@H]1O[C@@H](O[C@@H]2[C@@H](O)[C@H](O[C@@H]3CC[C@@]4(C)[C@@H](CC[C@]5(C)[C@@H]4C=C[C@]46OC[C@@]7(CCC(C)(C)C[C@@H]74)[C@H](O)C[C@]65C)[C@]3(C)CO)O[C@H](CO[C@@H]3O[C@H](CO)[C@@H](O)[C@H](O)[C@H]3O)[C@H]2O)[C@H](O)[C@@H](O)[C@@H]1O. The fraction of sp³-hybridized carbons (Fsp3) is 0.958. The van der Waals surface area contributed by atoms with Crippen LogP contribution in [0.3, 0.4) is 0 Å². The summed E-state index contributed by atoms with van der Waals surface area (Å²) in [7, 11) is 0. The molecule has 26 atom stereocenters. The number of fused-ring (bicyclic) bond motifs is 4. The van der Waals surface area contributed by atoms with Crippen molar-refractivity contribution >= 4 is 0 Å². The molecule has 18 heteroatoms. The topological polar surface area (TPSA) is 287 Å². The standard InChI is InChI=1S/C48H78O18/c1-22-30(52)33(55)36(58)40(62-22)66-38-32(54)24(19-60-39-35(57)34(56)31(53)23(18-49)63-39)64-41(37(38)59)65-29-10-11-43(4)25(44(29,5)20-50)8-12-45(6)26(43)9-13-48-27-16-42(2,3)14-15-47(27,21-61-48)28(51)17-46(45,48)7/h9,13,22-41,49-59H,8,10-12,14-21H2,1-7H3/t22-,23-,24-,25-,26-,27+,28-,29-,30-,31-,32-,33+,34+,35-,36-,37-,38+,39-,40+,41+,43+,44+,45-,46+,47-,48+/m1/s1. The van der Waals surface area contributed by atoms with Crippen LogP contribution in [0.25, 0.3) is 0 Å². The van der Waals surface area contributed by atoms with E-state index in [-0.39, 0.29) is 51.4 Å². The second-order valence-electron chi connectivity index (χ2n) is 23.8. The zero-order chi connectivity index (χ0) is 47.9. The van der Waals surface area contributed by atoms with Crippen LogP contribution in [0, 0.1) is 50.2 Å². The lowest BCUT2D eigenvalue weighted by atomic mass is 9.32. The minimum absolute atomic E-state index is 0.0679. The van der Waals surface area contributed by atoms with Gasteiger partial charge in [0.15, 0.2) is 18.9 Å². The van der Waals surface area contributed by atoms with Crippen LogP contribution in [-0.2, 0) is 33.2 Å². The van der Waals surface area contributed by atoms with E-state index in [1.165, 1.54) is 6.92 Å². The lowest BCUT2D eigenvalue weighted by molar-refractivity contribution is -0.374. The van der Waals surface area contributed by atoms with Crippen molar-refractivity contribution in [2.45, 2.75) is 210 Å². The van der Waals surface area contributed by atoms with Crippen LogP contribution >= 0.6 is 0 Å². The van der Waals surface area contributed by atoms with E-state index < -0.39 is 129 Å². The smallest absolute Gasteiger partial charge is 0.187 e. The van der Waals surface area contributed by atoms with Crippen molar-refractivity contribution in [2.24, 2.45) is 50.2 Å². The highest BCUT2D eigenvalue weighted by Crippen LogP contribution is 2.79. The van der Waals surface area contributed by atoms with Gasteiger partial charge in [-0.1, -0.05) is 53.7 Å². The molecule has 4 saturated heterocycles. The fourth-order valence-corrected chi connectivity index (χ4v) is 15.7. The molecule has 2 bridgehead atoms. The molecular weight excluding hydrogens is 865 g/mol. The molecule has 9 rings (SSSR count). The van der Waals surface area contributed by atoms with E-state index in [4.69, 9.17) is 33.2 Å². The summed E-state index contributed by atoms with van der Waals surface area (Å²) in [6.07, 6.45) is -13.6. The highest BCUT2D eigenvalue weighted by molar-refractivity contribution is 5.36. The van der Waals surface area contributed by atoms with Crippen molar-refractivity contribution in [1.82, 2.24) is 0 Å². The van der Waals surface area contributed by atoms with Gasteiger partial charge in [0.05, 0.1) is 50.3 Å². The first kappa shape index (κ1) is 50.0. The van der Waals surface area contributed by atoms with Crippen molar-refractivity contribution in [3.63, 3.8) is 0 Å². The van der Waals surface area contributed by atoms with Crippen LogP contribution in [0.1, 0.15) is 99.8 Å². The van der Waals surface area contributed by atoms with Gasteiger partial charge in [0.25, 0.3) is 0 Å². The molecule has 378 valence electrons. The maximum atomic E-state index is 12.2. The largest absolute Gasteiger partial charge is 0.396 e. The first-order valence-electron chi connectivity index (χ1n) is 24.5. The Morgan fingerprint density at radius 1 is 0.636 bits per heavy atom. The van der Waals surface area contributed by atoms with Crippen LogP contribution < -0.4 is 0 Å². The van der Waals surface area contributed by atoms with Crippen LogP contribution in [0.2, 0.25) is 0 Å². The van der Waals surface area contributed by atoms with Gasteiger partial charge in [-0.25, -0.2) is 0 Å². The van der Waals surface area contributed by atoms with Gasteiger partial charge in [-0.05, 0) is 86.4 Å². The van der Waals surface area contributed by atoms with Crippen LogP contribution in [-0.4, -0.2) is 193 Å². The number of aliphatic hydroxyl groups is 11. The molecule has 8 fully saturated rings. The predicted molar refractivity (Wildman–Crippen MR) is 229 cm³/mol. The molecule has 0 aromatic rings. The van der Waals surface area contributed by atoms with E-state index in [0.29, 0.717) is 25.9 Å². The molecule has 1 spiro atoms. The number of rotatable bonds is 9. The van der Waals surface area contributed by atoms with E-state index in [9.17, 15) is 56.2 Å². The third-order valence-corrected chi connectivity index (χ3v) is 20.0. The van der Waals surface area contributed by atoms with Crippen LogP contribution in [0.5, 0.6) is 0 Å². The van der Waals surface area contributed by atoms with Gasteiger partial charge < -0.3 is 89.3 Å². The molecule has 4 aliphatic heterocycles. The van der Waals surface area contributed by atoms with Gasteiger partial charge in [0, 0.05) is 22.2 Å². The minimum Gasteiger partial charge on any atom is -0.396 e. The van der Waals surface area contributed by atoms with E-state index in [1.54, 1.807) is 0 Å². The number of hydrogen-bond acceptors (Lipinski definition) is 18. The highest BCUT2D eigenvalue weighted by atomic mass is 16.7. The Bertz CT molecular complexity index is 1800. The summed E-state index contributed by atoms with van der Waals surface area (Å²) in [4.78, 5) is 0. The fourth-order valence-electron chi connectivity index (χ4n) is 15.7. The number of hydrogen-bond donors (Lipinski definition) is 11. The molecule has 0 radical (unpaired) electrons. The van der Waals surface area contributed by atoms with Crippen molar-refractivity contribution < 1.29 is 89.3 Å². The van der Waals surface area contributed by atoms with Crippen molar-refractivity contribution in [3.8, 4) is 0 Å². The van der Waals surface area contributed by atoms with Crippen LogP contribution in [0.15, 0.2) is 12.2 Å². The Morgan fingerprint density at radius 2 is 1.30 bits per heavy atom. The summed E-state index contributed by atoms with van der Waals surface area (Å²) in [5, 5.41) is 120. The maximum absolute atomic E-state index is 12.2. The Kier molecular flexibility index (Phi) is 12.9. The molecule has 9 aliphatic rings. The maximum Gasteiger partial charge on any atom is 0.187 e. The molecule has 4 saturated carbocycles. The quantitative estimate of drug-likeness (QED) is 0.104. The lowest BCUT2D eigenvalue weighted by Crippen LogP contribution is -2.72. The monoisotopic (exact) mass is 943 g/mol. The van der Waals surface area contributed by atoms with Gasteiger partial charge in [-0.2, -0.15) is 0 Å². The van der Waals surface area contributed by atoms with Gasteiger partial charge in [0.1, 0.15) is 67.1 Å². The Morgan fingerprint density at radius 3 is 2.00 bits per heavy atom. The summed E-state index contributed by atoms with van der Waals surface area (Å²) in [5.74, 6) is 0.184. The van der Waals surface area contributed by atoms with Gasteiger partial charge in [-0.15, -0.1) is 0 Å². The summed E-state index contributed by atoms with van der Waals surface area (Å²) >= 11 is 0. The molecule has 0 unspecified atom stereocenters. The zero-order valence-electron chi connectivity index (χ0n) is 39.5. The first-order valence-corrected chi connectivity index (χ1v) is 24.5. The lowest BCUT2D eigenvalue weighted by Gasteiger charge is -2.73. The Labute approximate surface area is 387 Å². The third-order valence-electron chi connectivity index (χ3n) is 20.0. The van der Waals surface area contributed by atoms with E-state index in [2.05, 4.69) is 46.8 Å². The van der Waals surface area contributed by atoms with Gasteiger partial charge in [0.2, 0.25) is 0 Å². The van der Waals surface area contributed by atoms with Gasteiger partial charge >= 0.3 is 0 Å². The number of aliphatic hydroxyl groups excluding tert-OH is 11. The summed E-state index contributed by atoms with van der Waals surface area (Å²) in [6.45, 7) is 14.3. The molecular formula is C48H78O18. The second-order valence-corrected chi connectivity index (χ2v) is 23.8. The normalized spacial score (nSPS) is 58.8. The summed E-state index contributed by atoms with van der Waals surface area (Å²) in [5.41, 5.74) is -2.48. The van der Waals surface area contributed by atoms with Crippen molar-refractivity contribution in [1.29, 1.82) is 0 Å². The number of ether oxygens (including phenoxy) is 7. The Hall–Kier alpha value is -0.980. The highest BCUT2D eigenvalue weighted by Gasteiger charge is 2.79. The molecule has 0 aromatic carbocycles. The first-order chi connectivity index (χ1) is 30.9. The van der Waals surface area contributed by atoms with E-state index in [1.807, 2.05) is 6.92 Å². The molecule has 4 heterocycles. The average Bonchev–Trinajstić information content (AvgIpc) is 3.55. The van der Waals surface area contributed by atoms with Crippen LogP contribution in [0.4, 0.5) is 0 Å². The summed E-state index contributed by atoms with van der Waals surface area (Å²) < 4.78 is 43.2. The zero-order valence-corrected chi connectivity index (χ0v) is 39.5.